The van der Waals surface area contributed by atoms with Gasteiger partial charge >= 0.3 is 0 Å². The molecule has 2 aliphatic heterocycles. The number of rotatable bonds is 1. The van der Waals surface area contributed by atoms with Gasteiger partial charge in [0, 0.05) is 37.8 Å². The summed E-state index contributed by atoms with van der Waals surface area (Å²) in [6, 6.07) is 0.593. The van der Waals surface area contributed by atoms with Crippen LogP contribution in [-0.4, -0.2) is 30.7 Å². The van der Waals surface area contributed by atoms with Crippen LogP contribution in [0.3, 0.4) is 0 Å². The van der Waals surface area contributed by atoms with Crippen molar-refractivity contribution in [3.05, 3.63) is 11.4 Å². The van der Waals surface area contributed by atoms with Gasteiger partial charge in [-0.05, 0) is 13.3 Å². The summed E-state index contributed by atoms with van der Waals surface area (Å²) >= 11 is 0. The molecule has 0 aromatic rings. The van der Waals surface area contributed by atoms with Crippen LogP contribution in [0.1, 0.15) is 19.8 Å². The molecule has 1 fully saturated rings. The third-order valence-corrected chi connectivity index (χ3v) is 2.71. The van der Waals surface area contributed by atoms with Crippen LogP contribution >= 0.6 is 0 Å². The molecule has 0 amide bonds. The first-order chi connectivity index (χ1) is 6.27. The Kier molecular flexibility index (Phi) is 2.42. The fourth-order valence-electron chi connectivity index (χ4n) is 1.93. The van der Waals surface area contributed by atoms with Crippen LogP contribution in [0.2, 0.25) is 0 Å². The maximum Gasteiger partial charge on any atom is 0.0506 e. The lowest BCUT2D eigenvalue weighted by Crippen LogP contribution is -2.40. The molecule has 74 valence electrons. The molecule has 13 heavy (non-hydrogen) atoms. The van der Waals surface area contributed by atoms with E-state index in [2.05, 4.69) is 22.7 Å². The summed E-state index contributed by atoms with van der Waals surface area (Å²) in [5, 5.41) is 5.48. The second-order valence-corrected chi connectivity index (χ2v) is 3.87. The molecule has 2 heterocycles. The van der Waals surface area contributed by atoms with E-state index in [1.54, 1.807) is 0 Å². The highest BCUT2D eigenvalue weighted by Crippen LogP contribution is 2.17. The molecule has 2 rings (SSSR count). The van der Waals surface area contributed by atoms with Crippen molar-refractivity contribution in [3.8, 4) is 0 Å². The highest BCUT2D eigenvalue weighted by atomic mass is 15.5. The van der Waals surface area contributed by atoms with E-state index in [0.717, 1.165) is 31.8 Å². The second kappa shape index (κ2) is 3.55. The van der Waals surface area contributed by atoms with Gasteiger partial charge in [-0.15, -0.1) is 0 Å². The first kappa shape index (κ1) is 8.84. The van der Waals surface area contributed by atoms with Crippen molar-refractivity contribution in [2.45, 2.75) is 25.8 Å². The minimum absolute atomic E-state index is 0.593. The molecule has 4 heteroatoms. The average Bonchev–Trinajstić information content (AvgIpc) is 2.53. The Morgan fingerprint density at radius 2 is 2.38 bits per heavy atom. The van der Waals surface area contributed by atoms with Gasteiger partial charge in [0.15, 0.2) is 0 Å². The zero-order chi connectivity index (χ0) is 9.26. The van der Waals surface area contributed by atoms with Crippen LogP contribution in [0.25, 0.3) is 0 Å². The third-order valence-electron chi connectivity index (χ3n) is 2.71. The molecule has 0 aliphatic carbocycles. The average molecular weight is 182 g/mol. The predicted molar refractivity (Wildman–Crippen MR) is 52.6 cm³/mol. The van der Waals surface area contributed by atoms with Crippen LogP contribution in [0.4, 0.5) is 0 Å². The SMILES string of the molecule is CC1CCN(C2=C(N)CNCC2)N1. The number of nitrogens with zero attached hydrogens (tertiary/aromatic N) is 1. The zero-order valence-corrected chi connectivity index (χ0v) is 8.14. The van der Waals surface area contributed by atoms with E-state index in [-0.39, 0.29) is 0 Å². The Hall–Kier alpha value is -0.740. The van der Waals surface area contributed by atoms with Crippen LogP contribution in [0.5, 0.6) is 0 Å². The van der Waals surface area contributed by atoms with E-state index in [0.29, 0.717) is 6.04 Å². The number of hydrogen-bond acceptors (Lipinski definition) is 4. The topological polar surface area (TPSA) is 53.3 Å². The third kappa shape index (κ3) is 1.78. The van der Waals surface area contributed by atoms with Crippen LogP contribution < -0.4 is 16.5 Å². The number of nitrogens with one attached hydrogen (secondary N) is 2. The van der Waals surface area contributed by atoms with E-state index in [4.69, 9.17) is 5.73 Å². The first-order valence-electron chi connectivity index (χ1n) is 4.99. The quantitative estimate of drug-likeness (QED) is 0.523. The molecule has 0 saturated carbocycles. The Labute approximate surface area is 79.1 Å². The Bertz CT molecular complexity index is 224. The van der Waals surface area contributed by atoms with Crippen molar-refractivity contribution in [2.75, 3.05) is 19.6 Å². The van der Waals surface area contributed by atoms with Gasteiger partial charge in [0.1, 0.15) is 0 Å². The van der Waals surface area contributed by atoms with E-state index in [9.17, 15) is 0 Å². The summed E-state index contributed by atoms with van der Waals surface area (Å²) in [5.41, 5.74) is 11.6. The van der Waals surface area contributed by atoms with Gasteiger partial charge in [0.05, 0.1) is 5.70 Å². The summed E-state index contributed by atoms with van der Waals surface area (Å²) in [6.45, 7) is 5.18. The molecule has 0 radical (unpaired) electrons. The molecule has 1 unspecified atom stereocenters. The Balaban J connectivity index is 2.06. The maximum absolute atomic E-state index is 5.94. The smallest absolute Gasteiger partial charge is 0.0506 e. The number of nitrogens with two attached hydrogens (primary N) is 1. The zero-order valence-electron chi connectivity index (χ0n) is 8.14. The van der Waals surface area contributed by atoms with Gasteiger partial charge in [-0.3, -0.25) is 0 Å². The molecule has 0 aromatic carbocycles. The van der Waals surface area contributed by atoms with E-state index < -0.39 is 0 Å². The van der Waals surface area contributed by atoms with Crippen molar-refractivity contribution in [1.29, 1.82) is 0 Å². The van der Waals surface area contributed by atoms with E-state index in [1.807, 2.05) is 0 Å². The standard InChI is InChI=1S/C9H18N4/c1-7-3-5-13(12-7)9-2-4-11-6-8(9)10/h7,11-12H,2-6,10H2,1H3. The number of hydrogen-bond donors (Lipinski definition) is 3. The fraction of sp³-hybridized carbons (Fsp3) is 0.778. The van der Waals surface area contributed by atoms with Crippen molar-refractivity contribution in [3.63, 3.8) is 0 Å². The summed E-state index contributed by atoms with van der Waals surface area (Å²) < 4.78 is 0. The lowest BCUT2D eigenvalue weighted by molar-refractivity contribution is 0.284. The molecule has 2 aliphatic rings. The molecule has 4 nitrogen and oxygen atoms in total. The summed E-state index contributed by atoms with van der Waals surface area (Å²) in [4.78, 5) is 0. The fourth-order valence-corrected chi connectivity index (χ4v) is 1.93. The van der Waals surface area contributed by atoms with Gasteiger partial charge in [0.25, 0.3) is 0 Å². The maximum atomic E-state index is 5.94. The lowest BCUT2D eigenvalue weighted by atomic mass is 10.2. The van der Waals surface area contributed by atoms with Crippen LogP contribution in [0.15, 0.2) is 11.4 Å². The summed E-state index contributed by atoms with van der Waals surface area (Å²) in [5.74, 6) is 0. The number of hydrazine groups is 1. The Morgan fingerprint density at radius 1 is 1.54 bits per heavy atom. The van der Waals surface area contributed by atoms with Crippen molar-refractivity contribution in [1.82, 2.24) is 15.8 Å². The summed E-state index contributed by atoms with van der Waals surface area (Å²) in [6.07, 6.45) is 2.26. The highest BCUT2D eigenvalue weighted by Gasteiger charge is 2.22. The van der Waals surface area contributed by atoms with Crippen molar-refractivity contribution < 1.29 is 0 Å². The van der Waals surface area contributed by atoms with E-state index >= 15 is 0 Å². The van der Waals surface area contributed by atoms with Crippen LogP contribution in [0, 0.1) is 0 Å². The lowest BCUT2D eigenvalue weighted by Gasteiger charge is -2.27. The van der Waals surface area contributed by atoms with Crippen molar-refractivity contribution >= 4 is 0 Å². The van der Waals surface area contributed by atoms with Crippen molar-refractivity contribution in [2.24, 2.45) is 5.73 Å². The molecule has 1 saturated heterocycles. The molecule has 0 spiro atoms. The molecule has 1 atom stereocenters. The van der Waals surface area contributed by atoms with Gasteiger partial charge in [-0.2, -0.15) is 0 Å². The molecular weight excluding hydrogens is 164 g/mol. The predicted octanol–water partition coefficient (Wildman–Crippen LogP) is -0.251. The highest BCUT2D eigenvalue weighted by molar-refractivity contribution is 5.15. The van der Waals surface area contributed by atoms with Gasteiger partial charge in [0.2, 0.25) is 0 Å². The van der Waals surface area contributed by atoms with Gasteiger partial charge in [-0.1, -0.05) is 0 Å². The largest absolute Gasteiger partial charge is 0.400 e. The summed E-state index contributed by atoms with van der Waals surface area (Å²) in [7, 11) is 0. The van der Waals surface area contributed by atoms with Gasteiger partial charge < -0.3 is 16.1 Å². The molecule has 0 aromatic heterocycles. The Morgan fingerprint density at radius 3 is 3.00 bits per heavy atom. The minimum atomic E-state index is 0.593. The molecule has 0 bridgehead atoms. The normalized spacial score (nSPS) is 29.9. The van der Waals surface area contributed by atoms with Crippen LogP contribution in [-0.2, 0) is 0 Å². The monoisotopic (exact) mass is 182 g/mol. The first-order valence-corrected chi connectivity index (χ1v) is 4.99. The van der Waals surface area contributed by atoms with E-state index in [1.165, 1.54) is 12.1 Å². The molecular formula is C9H18N4. The van der Waals surface area contributed by atoms with Gasteiger partial charge in [-0.25, -0.2) is 5.43 Å². The minimum Gasteiger partial charge on any atom is -0.400 e. The second-order valence-electron chi connectivity index (χ2n) is 3.87. The molecule has 4 N–H and O–H groups in total.